The van der Waals surface area contributed by atoms with E-state index >= 15 is 0 Å². The van der Waals surface area contributed by atoms with Gasteiger partial charge in [-0.1, -0.05) is 12.1 Å². The third kappa shape index (κ3) is 2.34. The average molecular weight is 255 g/mol. The quantitative estimate of drug-likeness (QED) is 0.858. The molecule has 0 saturated carbocycles. The second-order valence-corrected chi connectivity index (χ2v) is 4.99. The van der Waals surface area contributed by atoms with Gasteiger partial charge in [-0.15, -0.1) is 0 Å². The van der Waals surface area contributed by atoms with Crippen molar-refractivity contribution in [3.63, 3.8) is 0 Å². The first kappa shape index (κ1) is 12.2. The summed E-state index contributed by atoms with van der Waals surface area (Å²) < 4.78 is 5.42. The second kappa shape index (κ2) is 5.02. The fourth-order valence-corrected chi connectivity index (χ4v) is 2.63. The summed E-state index contributed by atoms with van der Waals surface area (Å²) in [5, 5.41) is 0. The van der Waals surface area contributed by atoms with Gasteiger partial charge in [-0.05, 0) is 55.0 Å². The number of benzene rings is 1. The van der Waals surface area contributed by atoms with Crippen LogP contribution in [0.25, 0.3) is 0 Å². The summed E-state index contributed by atoms with van der Waals surface area (Å²) in [7, 11) is 0. The van der Waals surface area contributed by atoms with E-state index in [1.165, 1.54) is 24.0 Å². The zero-order valence-electron chi connectivity index (χ0n) is 10.8. The molecule has 1 heterocycles. The van der Waals surface area contributed by atoms with Crippen LogP contribution in [0, 0.1) is 0 Å². The minimum absolute atomic E-state index is 0.0620. The molecular weight excluding hydrogens is 238 g/mol. The molecule has 2 N–H and O–H groups in total. The van der Waals surface area contributed by atoms with Gasteiger partial charge in [0, 0.05) is 5.56 Å². The van der Waals surface area contributed by atoms with Gasteiger partial charge in [0.25, 0.3) is 0 Å². The lowest BCUT2D eigenvalue weighted by molar-refractivity contribution is 0.101. The summed E-state index contributed by atoms with van der Waals surface area (Å²) in [6.45, 7) is 0.317. The Morgan fingerprint density at radius 2 is 1.89 bits per heavy atom. The fraction of sp³-hybridized carbons (Fsp3) is 0.312. The van der Waals surface area contributed by atoms with E-state index in [2.05, 4.69) is 6.07 Å². The Labute approximate surface area is 112 Å². The molecule has 0 unspecified atom stereocenters. The smallest absolute Gasteiger partial charge is 0.228 e. The minimum atomic E-state index is -0.0620. The van der Waals surface area contributed by atoms with Gasteiger partial charge in [-0.3, -0.25) is 4.79 Å². The summed E-state index contributed by atoms with van der Waals surface area (Å²) in [5.74, 6) is 0.950. The van der Waals surface area contributed by atoms with Crippen LogP contribution in [0.1, 0.15) is 45.8 Å². The van der Waals surface area contributed by atoms with E-state index in [-0.39, 0.29) is 5.78 Å². The summed E-state index contributed by atoms with van der Waals surface area (Å²) in [6.07, 6.45) is 4.66. The van der Waals surface area contributed by atoms with Crippen LogP contribution in [0.15, 0.2) is 34.7 Å². The predicted octanol–water partition coefficient (Wildman–Crippen LogP) is 2.85. The Morgan fingerprint density at radius 3 is 2.63 bits per heavy atom. The first-order chi connectivity index (χ1) is 9.28. The molecule has 1 aromatic carbocycles. The number of furan rings is 1. The zero-order valence-corrected chi connectivity index (χ0v) is 10.8. The van der Waals surface area contributed by atoms with E-state index in [0.29, 0.717) is 23.6 Å². The van der Waals surface area contributed by atoms with Gasteiger partial charge < -0.3 is 10.2 Å². The number of carbonyl (C=O) groups is 1. The highest BCUT2D eigenvalue weighted by Crippen LogP contribution is 2.23. The molecule has 3 nitrogen and oxygen atoms in total. The third-order valence-electron chi connectivity index (χ3n) is 3.70. The molecule has 0 radical (unpaired) electrons. The Kier molecular flexibility index (Phi) is 3.22. The van der Waals surface area contributed by atoms with Gasteiger partial charge in [0.05, 0.1) is 6.54 Å². The van der Waals surface area contributed by atoms with Gasteiger partial charge in [-0.2, -0.15) is 0 Å². The number of fused-ring (bicyclic) bond motifs is 1. The van der Waals surface area contributed by atoms with E-state index in [1.54, 1.807) is 12.1 Å². The molecule has 0 aliphatic heterocycles. The van der Waals surface area contributed by atoms with Crippen molar-refractivity contribution in [2.45, 2.75) is 32.2 Å². The highest BCUT2D eigenvalue weighted by Gasteiger charge is 2.16. The van der Waals surface area contributed by atoms with E-state index in [9.17, 15) is 4.79 Å². The summed E-state index contributed by atoms with van der Waals surface area (Å²) >= 11 is 0. The fourth-order valence-electron chi connectivity index (χ4n) is 2.63. The van der Waals surface area contributed by atoms with Gasteiger partial charge in [0.15, 0.2) is 5.76 Å². The maximum Gasteiger partial charge on any atom is 0.228 e. The van der Waals surface area contributed by atoms with E-state index in [1.807, 2.05) is 12.1 Å². The maximum atomic E-state index is 12.3. The van der Waals surface area contributed by atoms with Crippen LogP contribution in [0.4, 0.5) is 0 Å². The molecule has 0 amide bonds. The number of ketones is 1. The van der Waals surface area contributed by atoms with E-state index in [4.69, 9.17) is 10.2 Å². The number of aryl methyl sites for hydroxylation is 2. The highest BCUT2D eigenvalue weighted by molar-refractivity contribution is 6.07. The largest absolute Gasteiger partial charge is 0.456 e. The molecule has 98 valence electrons. The van der Waals surface area contributed by atoms with E-state index in [0.717, 1.165) is 12.8 Å². The zero-order chi connectivity index (χ0) is 13.2. The molecule has 3 heteroatoms. The molecule has 0 spiro atoms. The topological polar surface area (TPSA) is 56.2 Å². The van der Waals surface area contributed by atoms with Crippen LogP contribution < -0.4 is 5.73 Å². The van der Waals surface area contributed by atoms with Crippen molar-refractivity contribution in [1.29, 1.82) is 0 Å². The Balaban J connectivity index is 1.91. The summed E-state index contributed by atoms with van der Waals surface area (Å²) in [6, 6.07) is 9.45. The Morgan fingerprint density at radius 1 is 1.11 bits per heavy atom. The molecular formula is C16H17NO2. The van der Waals surface area contributed by atoms with Gasteiger partial charge >= 0.3 is 0 Å². The van der Waals surface area contributed by atoms with Crippen LogP contribution in [0.2, 0.25) is 0 Å². The normalized spacial score (nSPS) is 14.2. The van der Waals surface area contributed by atoms with Crippen LogP contribution in [0.5, 0.6) is 0 Å². The first-order valence-corrected chi connectivity index (χ1v) is 6.73. The SMILES string of the molecule is NCc1ccc(C(=O)c2ccc3c(c2)CCCC3)o1. The van der Waals surface area contributed by atoms with Crippen molar-refractivity contribution in [2.24, 2.45) is 5.73 Å². The van der Waals surface area contributed by atoms with E-state index < -0.39 is 0 Å². The molecule has 0 atom stereocenters. The summed E-state index contributed by atoms with van der Waals surface area (Å²) in [5.41, 5.74) is 8.88. The lowest BCUT2D eigenvalue weighted by Gasteiger charge is -2.15. The molecule has 0 saturated heterocycles. The van der Waals surface area contributed by atoms with Gasteiger partial charge in [0.1, 0.15) is 5.76 Å². The van der Waals surface area contributed by atoms with Crippen LogP contribution in [0.3, 0.4) is 0 Å². The minimum Gasteiger partial charge on any atom is -0.456 e. The predicted molar refractivity (Wildman–Crippen MR) is 73.1 cm³/mol. The summed E-state index contributed by atoms with van der Waals surface area (Å²) in [4.78, 5) is 12.3. The molecule has 3 rings (SSSR count). The molecule has 19 heavy (non-hydrogen) atoms. The van der Waals surface area contributed by atoms with Gasteiger partial charge in [-0.25, -0.2) is 0 Å². The molecule has 2 aromatic rings. The second-order valence-electron chi connectivity index (χ2n) is 4.99. The maximum absolute atomic E-state index is 12.3. The number of nitrogens with two attached hydrogens (primary N) is 1. The lowest BCUT2D eigenvalue weighted by Crippen LogP contribution is -2.06. The molecule has 0 bridgehead atoms. The monoisotopic (exact) mass is 255 g/mol. The van der Waals surface area contributed by atoms with Crippen molar-refractivity contribution in [1.82, 2.24) is 0 Å². The van der Waals surface area contributed by atoms with Crippen molar-refractivity contribution in [3.8, 4) is 0 Å². The van der Waals surface area contributed by atoms with Crippen molar-refractivity contribution >= 4 is 5.78 Å². The lowest BCUT2D eigenvalue weighted by atomic mass is 9.89. The third-order valence-corrected chi connectivity index (χ3v) is 3.70. The van der Waals surface area contributed by atoms with Crippen molar-refractivity contribution in [2.75, 3.05) is 0 Å². The number of rotatable bonds is 3. The Hall–Kier alpha value is -1.87. The van der Waals surface area contributed by atoms with Crippen molar-refractivity contribution < 1.29 is 9.21 Å². The first-order valence-electron chi connectivity index (χ1n) is 6.73. The molecule has 1 aliphatic rings. The highest BCUT2D eigenvalue weighted by atomic mass is 16.3. The van der Waals surface area contributed by atoms with Crippen molar-refractivity contribution in [3.05, 3.63) is 58.5 Å². The Bertz CT molecular complexity index is 613. The number of hydrogen-bond acceptors (Lipinski definition) is 3. The number of hydrogen-bond donors (Lipinski definition) is 1. The molecule has 1 aliphatic carbocycles. The average Bonchev–Trinajstić information content (AvgIpc) is 2.95. The standard InChI is InChI=1S/C16H17NO2/c17-10-14-7-8-15(19-14)16(18)13-6-5-11-3-1-2-4-12(11)9-13/h5-9H,1-4,10,17H2. The van der Waals surface area contributed by atoms with Crippen LogP contribution in [-0.4, -0.2) is 5.78 Å². The molecule has 0 fully saturated rings. The number of carbonyl (C=O) groups excluding carboxylic acids is 1. The van der Waals surface area contributed by atoms with Crippen LogP contribution in [-0.2, 0) is 19.4 Å². The van der Waals surface area contributed by atoms with Gasteiger partial charge in [0.2, 0.25) is 5.78 Å². The molecule has 1 aromatic heterocycles. The van der Waals surface area contributed by atoms with Crippen LogP contribution >= 0.6 is 0 Å².